The highest BCUT2D eigenvalue weighted by Gasteiger charge is 2.11. The van der Waals surface area contributed by atoms with Gasteiger partial charge in [0.15, 0.2) is 0 Å². The van der Waals surface area contributed by atoms with E-state index in [1.165, 1.54) is 4.68 Å². The molecule has 1 N–H and O–H groups in total. The average Bonchev–Trinajstić information content (AvgIpc) is 2.32. The van der Waals surface area contributed by atoms with E-state index in [-0.39, 0.29) is 11.5 Å². The van der Waals surface area contributed by atoms with E-state index in [1.807, 2.05) is 13.8 Å². The molecular formula is C7H13N3O. The summed E-state index contributed by atoms with van der Waals surface area (Å²) in [5.41, 5.74) is 0.620. The van der Waals surface area contributed by atoms with Crippen LogP contribution in [-0.2, 0) is 7.05 Å². The molecule has 0 spiro atoms. The molecule has 1 aromatic rings. The lowest BCUT2D eigenvalue weighted by atomic mass is 10.1. The van der Waals surface area contributed by atoms with Gasteiger partial charge < -0.3 is 0 Å². The highest BCUT2D eigenvalue weighted by molar-refractivity contribution is 4.99. The maximum atomic E-state index is 11.2. The summed E-state index contributed by atoms with van der Waals surface area (Å²) in [7, 11) is 1.67. The van der Waals surface area contributed by atoms with Crippen molar-refractivity contribution in [3.8, 4) is 0 Å². The molecule has 0 fully saturated rings. The molecule has 0 aromatic carbocycles. The van der Waals surface area contributed by atoms with Crippen molar-refractivity contribution in [3.63, 3.8) is 0 Å². The summed E-state index contributed by atoms with van der Waals surface area (Å²) in [6, 6.07) is 0. The predicted octanol–water partition coefficient (Wildman–Crippen LogP) is 0.622. The van der Waals surface area contributed by atoms with Crippen LogP contribution in [0.4, 0.5) is 0 Å². The third-order valence-electron chi connectivity index (χ3n) is 1.92. The highest BCUT2D eigenvalue weighted by atomic mass is 16.1. The Labute approximate surface area is 65.2 Å². The summed E-state index contributed by atoms with van der Waals surface area (Å²) >= 11 is 0. The fraction of sp³-hybridized carbons (Fsp3) is 0.714. The first kappa shape index (κ1) is 8.04. The van der Waals surface area contributed by atoms with Crippen molar-refractivity contribution in [2.45, 2.75) is 26.2 Å². The summed E-state index contributed by atoms with van der Waals surface area (Å²) in [4.78, 5) is 11.2. The normalized spacial score (nSPS) is 13.4. The van der Waals surface area contributed by atoms with Crippen LogP contribution in [-0.4, -0.2) is 15.0 Å². The second-order valence-corrected chi connectivity index (χ2v) is 2.77. The van der Waals surface area contributed by atoms with Crippen LogP contribution in [0.25, 0.3) is 0 Å². The summed E-state index contributed by atoms with van der Waals surface area (Å²) in [5, 5.41) is 6.52. The number of aromatic nitrogens is 3. The number of H-pyrrole nitrogens is 1. The lowest BCUT2D eigenvalue weighted by Crippen LogP contribution is -2.16. The quantitative estimate of drug-likeness (QED) is 0.680. The first-order valence-electron chi connectivity index (χ1n) is 3.78. The molecule has 0 amide bonds. The smallest absolute Gasteiger partial charge is 0.266 e. The zero-order valence-electron chi connectivity index (χ0n) is 7.09. The van der Waals surface area contributed by atoms with E-state index in [9.17, 15) is 4.79 Å². The minimum Gasteiger partial charge on any atom is -0.266 e. The Kier molecular flexibility index (Phi) is 2.12. The fourth-order valence-electron chi connectivity index (χ4n) is 0.908. The maximum Gasteiger partial charge on any atom is 0.289 e. The Morgan fingerprint density at radius 1 is 1.73 bits per heavy atom. The van der Waals surface area contributed by atoms with Crippen LogP contribution in [0.2, 0.25) is 0 Å². The van der Waals surface area contributed by atoms with E-state index in [0.717, 1.165) is 6.42 Å². The van der Waals surface area contributed by atoms with E-state index in [0.29, 0.717) is 5.69 Å². The van der Waals surface area contributed by atoms with Crippen molar-refractivity contribution in [1.82, 2.24) is 15.0 Å². The molecular weight excluding hydrogens is 142 g/mol. The minimum atomic E-state index is -0.0145. The number of rotatable bonds is 2. The molecule has 4 nitrogen and oxygen atoms in total. The van der Waals surface area contributed by atoms with Crippen molar-refractivity contribution in [3.05, 3.63) is 16.0 Å². The Bertz CT molecular complexity index is 286. The van der Waals surface area contributed by atoms with Gasteiger partial charge in [0.2, 0.25) is 0 Å². The van der Waals surface area contributed by atoms with Crippen LogP contribution in [0.15, 0.2) is 4.79 Å². The number of nitrogens with one attached hydrogen (secondary N) is 1. The first-order chi connectivity index (χ1) is 5.16. The molecule has 62 valence electrons. The van der Waals surface area contributed by atoms with Gasteiger partial charge in [0, 0.05) is 13.0 Å². The van der Waals surface area contributed by atoms with Gasteiger partial charge in [-0.3, -0.25) is 4.79 Å². The van der Waals surface area contributed by atoms with Crippen molar-refractivity contribution in [2.75, 3.05) is 0 Å². The molecule has 0 saturated carbocycles. The molecule has 0 aliphatic carbocycles. The molecule has 1 rings (SSSR count). The van der Waals surface area contributed by atoms with Crippen molar-refractivity contribution >= 4 is 0 Å². The number of aromatic amines is 1. The summed E-state index contributed by atoms with van der Waals surface area (Å²) in [5.74, 6) is 0.250. The molecule has 1 heterocycles. The van der Waals surface area contributed by atoms with Gasteiger partial charge in [-0.05, 0) is 6.42 Å². The van der Waals surface area contributed by atoms with Gasteiger partial charge >= 0.3 is 0 Å². The lowest BCUT2D eigenvalue weighted by Gasteiger charge is -1.99. The molecule has 11 heavy (non-hydrogen) atoms. The van der Waals surface area contributed by atoms with Crippen LogP contribution in [0.5, 0.6) is 0 Å². The van der Waals surface area contributed by atoms with E-state index < -0.39 is 0 Å². The largest absolute Gasteiger partial charge is 0.289 e. The molecule has 1 atom stereocenters. The molecule has 0 aliphatic heterocycles. The minimum absolute atomic E-state index is 0.0145. The maximum absolute atomic E-state index is 11.2. The highest BCUT2D eigenvalue weighted by Crippen LogP contribution is 2.10. The van der Waals surface area contributed by atoms with E-state index in [4.69, 9.17) is 0 Å². The van der Waals surface area contributed by atoms with E-state index >= 15 is 0 Å². The monoisotopic (exact) mass is 155 g/mol. The van der Waals surface area contributed by atoms with Crippen LogP contribution < -0.4 is 5.56 Å². The Morgan fingerprint density at radius 2 is 2.36 bits per heavy atom. The predicted molar refractivity (Wildman–Crippen MR) is 42.5 cm³/mol. The van der Waals surface area contributed by atoms with Gasteiger partial charge in [0.25, 0.3) is 5.56 Å². The standard InChI is InChI=1S/C7H13N3O/c1-4-5(2)6-7(11)10(3)9-8-6/h5,9H,4H2,1-3H3. The summed E-state index contributed by atoms with van der Waals surface area (Å²) < 4.78 is 1.39. The number of aryl methyl sites for hydroxylation is 1. The van der Waals surface area contributed by atoms with Crippen molar-refractivity contribution in [2.24, 2.45) is 7.05 Å². The summed E-state index contributed by atoms with van der Waals surface area (Å²) in [6.45, 7) is 4.04. The third kappa shape index (κ3) is 1.34. The van der Waals surface area contributed by atoms with Gasteiger partial charge in [-0.25, -0.2) is 9.90 Å². The second-order valence-electron chi connectivity index (χ2n) is 2.77. The van der Waals surface area contributed by atoms with Gasteiger partial charge in [0.05, 0.1) is 0 Å². The summed E-state index contributed by atoms with van der Waals surface area (Å²) in [6.07, 6.45) is 0.945. The zero-order chi connectivity index (χ0) is 8.43. The Hall–Kier alpha value is -1.06. The molecule has 4 heteroatoms. The van der Waals surface area contributed by atoms with E-state index in [1.54, 1.807) is 7.05 Å². The Morgan fingerprint density at radius 3 is 2.73 bits per heavy atom. The van der Waals surface area contributed by atoms with Gasteiger partial charge in [0.1, 0.15) is 5.69 Å². The molecule has 1 aromatic heterocycles. The van der Waals surface area contributed by atoms with Gasteiger partial charge in [-0.2, -0.15) is 5.10 Å². The van der Waals surface area contributed by atoms with Crippen LogP contribution >= 0.6 is 0 Å². The van der Waals surface area contributed by atoms with Crippen molar-refractivity contribution in [1.29, 1.82) is 0 Å². The SMILES string of the molecule is CCC(C)c1n[nH]n(C)c1=O. The lowest BCUT2D eigenvalue weighted by molar-refractivity contribution is 0.689. The molecule has 0 bridgehead atoms. The number of nitrogens with zero attached hydrogens (tertiary/aromatic N) is 2. The number of hydrogen-bond acceptors (Lipinski definition) is 2. The third-order valence-corrected chi connectivity index (χ3v) is 1.92. The van der Waals surface area contributed by atoms with Crippen LogP contribution in [0, 0.1) is 0 Å². The first-order valence-corrected chi connectivity index (χ1v) is 3.78. The number of hydrogen-bond donors (Lipinski definition) is 1. The second kappa shape index (κ2) is 2.90. The van der Waals surface area contributed by atoms with Gasteiger partial charge in [-0.15, -0.1) is 0 Å². The molecule has 0 radical (unpaired) electrons. The van der Waals surface area contributed by atoms with E-state index in [2.05, 4.69) is 10.3 Å². The fourth-order valence-corrected chi connectivity index (χ4v) is 0.908. The van der Waals surface area contributed by atoms with Crippen molar-refractivity contribution < 1.29 is 0 Å². The topological polar surface area (TPSA) is 50.7 Å². The molecule has 0 saturated heterocycles. The zero-order valence-corrected chi connectivity index (χ0v) is 7.09. The molecule has 0 aliphatic rings. The Balaban J connectivity index is 3.05. The van der Waals surface area contributed by atoms with Gasteiger partial charge in [-0.1, -0.05) is 13.8 Å². The molecule has 1 unspecified atom stereocenters. The average molecular weight is 155 g/mol. The van der Waals surface area contributed by atoms with Crippen LogP contribution in [0.3, 0.4) is 0 Å². The van der Waals surface area contributed by atoms with Crippen LogP contribution in [0.1, 0.15) is 31.9 Å².